The molecule has 1 fully saturated rings. The van der Waals surface area contributed by atoms with Gasteiger partial charge in [0.15, 0.2) is 5.82 Å². The van der Waals surface area contributed by atoms with E-state index in [-0.39, 0.29) is 5.41 Å². The highest BCUT2D eigenvalue weighted by Gasteiger charge is 2.43. The molecule has 5 nitrogen and oxygen atoms in total. The van der Waals surface area contributed by atoms with E-state index in [1.807, 2.05) is 11.6 Å². The molecule has 2 heterocycles. The molecule has 86 valence electrons. The average Bonchev–Trinajstić information content (AvgIpc) is 2.80. The summed E-state index contributed by atoms with van der Waals surface area (Å²) in [6.45, 7) is 2.13. The zero-order chi connectivity index (χ0) is 12.0. The van der Waals surface area contributed by atoms with Crippen LogP contribution < -0.4 is 0 Å². The van der Waals surface area contributed by atoms with Crippen molar-refractivity contribution in [3.8, 4) is 17.7 Å². The second kappa shape index (κ2) is 3.20. The van der Waals surface area contributed by atoms with E-state index in [0.29, 0.717) is 11.5 Å². The molecule has 0 N–H and O–H groups in total. The van der Waals surface area contributed by atoms with Gasteiger partial charge in [-0.05, 0) is 18.9 Å². The smallest absolute Gasteiger partial charge is 0.274 e. The SMILES string of the molecule is Cn1cc(C#N)cc1-c1nc(C2(C)CC2)no1. The van der Waals surface area contributed by atoms with Crippen LogP contribution in [0.5, 0.6) is 0 Å². The van der Waals surface area contributed by atoms with Crippen LogP contribution in [-0.4, -0.2) is 14.7 Å². The van der Waals surface area contributed by atoms with E-state index in [4.69, 9.17) is 9.78 Å². The molecule has 1 saturated carbocycles. The van der Waals surface area contributed by atoms with Gasteiger partial charge in [-0.2, -0.15) is 10.2 Å². The van der Waals surface area contributed by atoms with Crippen LogP contribution in [0.2, 0.25) is 0 Å². The van der Waals surface area contributed by atoms with Crippen molar-refractivity contribution < 1.29 is 4.52 Å². The summed E-state index contributed by atoms with van der Waals surface area (Å²) in [5.41, 5.74) is 1.48. The van der Waals surface area contributed by atoms with Gasteiger partial charge in [0.25, 0.3) is 5.89 Å². The molecule has 1 aliphatic rings. The van der Waals surface area contributed by atoms with Gasteiger partial charge in [-0.3, -0.25) is 0 Å². The Balaban J connectivity index is 2.01. The maximum absolute atomic E-state index is 8.84. The number of aryl methyl sites for hydroxylation is 1. The van der Waals surface area contributed by atoms with Crippen molar-refractivity contribution in [2.24, 2.45) is 7.05 Å². The third kappa shape index (κ3) is 1.53. The Bertz CT molecular complexity index is 613. The zero-order valence-corrected chi connectivity index (χ0v) is 9.77. The number of nitriles is 1. The molecule has 2 aromatic heterocycles. The van der Waals surface area contributed by atoms with Gasteiger partial charge in [0.2, 0.25) is 0 Å². The first-order chi connectivity index (χ1) is 8.12. The Morgan fingerprint density at radius 2 is 2.29 bits per heavy atom. The van der Waals surface area contributed by atoms with Gasteiger partial charge in [-0.15, -0.1) is 0 Å². The molecule has 17 heavy (non-hydrogen) atoms. The average molecular weight is 228 g/mol. The van der Waals surface area contributed by atoms with Gasteiger partial charge in [-0.25, -0.2) is 0 Å². The molecule has 0 radical (unpaired) electrons. The van der Waals surface area contributed by atoms with Crippen molar-refractivity contribution in [1.29, 1.82) is 5.26 Å². The zero-order valence-electron chi connectivity index (χ0n) is 9.77. The van der Waals surface area contributed by atoms with Crippen molar-refractivity contribution in [3.63, 3.8) is 0 Å². The van der Waals surface area contributed by atoms with E-state index in [2.05, 4.69) is 23.1 Å². The molecule has 0 unspecified atom stereocenters. The van der Waals surface area contributed by atoms with E-state index < -0.39 is 0 Å². The van der Waals surface area contributed by atoms with Crippen molar-refractivity contribution in [2.45, 2.75) is 25.2 Å². The minimum atomic E-state index is 0.102. The summed E-state index contributed by atoms with van der Waals surface area (Å²) in [6.07, 6.45) is 3.98. The van der Waals surface area contributed by atoms with Crippen LogP contribution in [0.15, 0.2) is 16.8 Å². The highest BCUT2D eigenvalue weighted by atomic mass is 16.5. The van der Waals surface area contributed by atoms with Crippen molar-refractivity contribution in [3.05, 3.63) is 23.7 Å². The minimum Gasteiger partial charge on any atom is -0.345 e. The summed E-state index contributed by atoms with van der Waals surface area (Å²) in [7, 11) is 1.86. The molecule has 0 aliphatic heterocycles. The van der Waals surface area contributed by atoms with E-state index in [1.165, 1.54) is 0 Å². The molecule has 5 heteroatoms. The molecule has 0 aromatic carbocycles. The molecule has 1 aliphatic carbocycles. The fraction of sp³-hybridized carbons (Fsp3) is 0.417. The Morgan fingerprint density at radius 1 is 1.53 bits per heavy atom. The largest absolute Gasteiger partial charge is 0.345 e. The first kappa shape index (κ1) is 10.1. The maximum atomic E-state index is 8.84. The van der Waals surface area contributed by atoms with Gasteiger partial charge in [0, 0.05) is 18.7 Å². The highest BCUT2D eigenvalue weighted by molar-refractivity contribution is 5.53. The summed E-state index contributed by atoms with van der Waals surface area (Å²) in [4.78, 5) is 4.41. The first-order valence-corrected chi connectivity index (χ1v) is 5.53. The van der Waals surface area contributed by atoms with E-state index in [0.717, 1.165) is 24.4 Å². The monoisotopic (exact) mass is 228 g/mol. The van der Waals surface area contributed by atoms with Crippen molar-refractivity contribution in [1.82, 2.24) is 14.7 Å². The third-order valence-electron chi connectivity index (χ3n) is 3.32. The maximum Gasteiger partial charge on any atom is 0.274 e. The summed E-state index contributed by atoms with van der Waals surface area (Å²) in [5.74, 6) is 1.25. The van der Waals surface area contributed by atoms with Crippen LogP contribution in [0, 0.1) is 11.3 Å². The quantitative estimate of drug-likeness (QED) is 0.788. The summed E-state index contributed by atoms with van der Waals surface area (Å²) < 4.78 is 7.09. The van der Waals surface area contributed by atoms with Gasteiger partial charge in [0.1, 0.15) is 11.8 Å². The molecule has 3 rings (SSSR count). The van der Waals surface area contributed by atoms with Crippen molar-refractivity contribution >= 4 is 0 Å². The number of hydrogen-bond acceptors (Lipinski definition) is 4. The molecule has 0 amide bonds. The molecular formula is C12H12N4O. The normalized spacial score (nSPS) is 16.8. The molecule has 0 saturated heterocycles. The summed E-state index contributed by atoms with van der Waals surface area (Å²) in [6, 6.07) is 3.85. The van der Waals surface area contributed by atoms with Crippen LogP contribution >= 0.6 is 0 Å². The Morgan fingerprint density at radius 3 is 2.88 bits per heavy atom. The predicted octanol–water partition coefficient (Wildman–Crippen LogP) is 2.00. The Labute approximate surface area is 98.7 Å². The van der Waals surface area contributed by atoms with Gasteiger partial charge < -0.3 is 9.09 Å². The molecular weight excluding hydrogens is 216 g/mol. The topological polar surface area (TPSA) is 67.6 Å². The predicted molar refractivity (Wildman–Crippen MR) is 60.0 cm³/mol. The Hall–Kier alpha value is -2.09. The molecule has 0 spiro atoms. The lowest BCUT2D eigenvalue weighted by atomic mass is 10.1. The second-order valence-electron chi connectivity index (χ2n) is 4.82. The summed E-state index contributed by atoms with van der Waals surface area (Å²) >= 11 is 0. The van der Waals surface area contributed by atoms with E-state index in [1.54, 1.807) is 12.3 Å². The standard InChI is InChI=1S/C12H12N4O/c1-12(3-4-12)11-14-10(17-15-11)9-5-8(6-13)7-16(9)2/h5,7H,3-4H2,1-2H3. The summed E-state index contributed by atoms with van der Waals surface area (Å²) in [5, 5.41) is 12.9. The van der Waals surface area contributed by atoms with E-state index in [9.17, 15) is 0 Å². The number of nitrogens with zero attached hydrogens (tertiary/aromatic N) is 4. The van der Waals surface area contributed by atoms with E-state index >= 15 is 0 Å². The third-order valence-corrected chi connectivity index (χ3v) is 3.32. The van der Waals surface area contributed by atoms with Crippen LogP contribution in [-0.2, 0) is 12.5 Å². The first-order valence-electron chi connectivity index (χ1n) is 5.53. The number of aromatic nitrogens is 3. The molecule has 2 aromatic rings. The highest BCUT2D eigenvalue weighted by Crippen LogP contribution is 2.46. The fourth-order valence-corrected chi connectivity index (χ4v) is 1.82. The van der Waals surface area contributed by atoms with Crippen LogP contribution in [0.25, 0.3) is 11.6 Å². The fourth-order valence-electron chi connectivity index (χ4n) is 1.82. The lowest BCUT2D eigenvalue weighted by molar-refractivity contribution is 0.413. The number of hydrogen-bond donors (Lipinski definition) is 0. The van der Waals surface area contributed by atoms with Crippen LogP contribution in [0.1, 0.15) is 31.2 Å². The van der Waals surface area contributed by atoms with Gasteiger partial charge in [0.05, 0.1) is 5.56 Å². The van der Waals surface area contributed by atoms with Gasteiger partial charge >= 0.3 is 0 Å². The van der Waals surface area contributed by atoms with Gasteiger partial charge in [-0.1, -0.05) is 12.1 Å². The second-order valence-corrected chi connectivity index (χ2v) is 4.82. The van der Waals surface area contributed by atoms with Crippen molar-refractivity contribution in [2.75, 3.05) is 0 Å². The van der Waals surface area contributed by atoms with Crippen LogP contribution in [0.4, 0.5) is 0 Å². The minimum absolute atomic E-state index is 0.102. The number of rotatable bonds is 2. The lowest BCUT2D eigenvalue weighted by Gasteiger charge is -1.97. The van der Waals surface area contributed by atoms with Crippen LogP contribution in [0.3, 0.4) is 0 Å². The lowest BCUT2D eigenvalue weighted by Crippen LogP contribution is -2.02. The molecule has 0 bridgehead atoms. The molecule has 0 atom stereocenters. The Kier molecular flexibility index (Phi) is 1.90.